The Labute approximate surface area is 200 Å². The summed E-state index contributed by atoms with van der Waals surface area (Å²) < 4.78 is 0. The highest BCUT2D eigenvalue weighted by molar-refractivity contribution is 7.80. The van der Waals surface area contributed by atoms with E-state index in [2.05, 4.69) is 36.7 Å². The number of aryl methyl sites for hydroxylation is 1. The molecule has 3 rings (SSSR count). The third-order valence-corrected chi connectivity index (χ3v) is 5.46. The molecule has 3 N–H and O–H groups in total. The van der Waals surface area contributed by atoms with E-state index in [0.29, 0.717) is 16.9 Å². The Kier molecular flexibility index (Phi) is 7.61. The van der Waals surface area contributed by atoms with E-state index < -0.39 is 0 Å². The molecule has 0 aliphatic carbocycles. The molecule has 2 amide bonds. The summed E-state index contributed by atoms with van der Waals surface area (Å²) in [7, 11) is 0. The first-order chi connectivity index (χ1) is 15.6. The van der Waals surface area contributed by atoms with Crippen LogP contribution in [0.2, 0.25) is 0 Å². The predicted molar refractivity (Wildman–Crippen MR) is 139 cm³/mol. The molecule has 0 fully saturated rings. The molecule has 0 aliphatic rings. The highest BCUT2D eigenvalue weighted by Crippen LogP contribution is 2.23. The van der Waals surface area contributed by atoms with Crippen LogP contribution in [-0.2, 0) is 16.6 Å². The lowest BCUT2D eigenvalue weighted by atomic mass is 9.87. The van der Waals surface area contributed by atoms with Crippen LogP contribution in [0, 0.1) is 6.92 Å². The molecule has 0 aromatic heterocycles. The number of hydrogen-bond donors (Lipinski definition) is 3. The van der Waals surface area contributed by atoms with Gasteiger partial charge in [0.2, 0.25) is 5.91 Å². The van der Waals surface area contributed by atoms with Gasteiger partial charge in [-0.3, -0.25) is 9.59 Å². The van der Waals surface area contributed by atoms with Crippen molar-refractivity contribution < 1.29 is 9.59 Å². The second-order valence-corrected chi connectivity index (χ2v) is 9.38. The standard InChI is InChI=1S/C27H29N3O2S/c1-18-8-5-6-9-20(18)16-24(31)30-26(33)29-23-11-7-10-22(17-23)28-25(32)19-12-14-21(15-13-19)27(2,3)4/h5-15,17H,16H2,1-4H3,(H,28,32)(H2,29,30,31,33). The zero-order valence-electron chi connectivity index (χ0n) is 19.4. The molecular weight excluding hydrogens is 430 g/mol. The molecule has 170 valence electrons. The Morgan fingerprint density at radius 2 is 1.48 bits per heavy atom. The summed E-state index contributed by atoms with van der Waals surface area (Å²) in [6.45, 7) is 8.38. The van der Waals surface area contributed by atoms with Gasteiger partial charge in [0.25, 0.3) is 5.91 Å². The third kappa shape index (κ3) is 6.99. The Bertz CT molecular complexity index is 1160. The third-order valence-electron chi connectivity index (χ3n) is 5.26. The average molecular weight is 460 g/mol. The van der Waals surface area contributed by atoms with Crippen molar-refractivity contribution in [1.29, 1.82) is 0 Å². The molecule has 0 saturated carbocycles. The Morgan fingerprint density at radius 3 is 2.12 bits per heavy atom. The Morgan fingerprint density at radius 1 is 0.848 bits per heavy atom. The molecule has 0 atom stereocenters. The Balaban J connectivity index is 1.57. The Hall–Kier alpha value is -3.51. The van der Waals surface area contributed by atoms with Gasteiger partial charge in [-0.05, 0) is 71.6 Å². The maximum absolute atomic E-state index is 12.6. The lowest BCUT2D eigenvalue weighted by Gasteiger charge is -2.19. The minimum Gasteiger partial charge on any atom is -0.332 e. The van der Waals surface area contributed by atoms with E-state index in [1.807, 2.05) is 61.5 Å². The van der Waals surface area contributed by atoms with Crippen LogP contribution in [0.25, 0.3) is 0 Å². The van der Waals surface area contributed by atoms with E-state index in [9.17, 15) is 9.59 Å². The molecule has 0 heterocycles. The van der Waals surface area contributed by atoms with Gasteiger partial charge in [0.05, 0.1) is 6.42 Å². The molecule has 0 aliphatic heterocycles. The van der Waals surface area contributed by atoms with E-state index in [0.717, 1.165) is 11.1 Å². The minimum atomic E-state index is -0.193. The number of thiocarbonyl (C=S) groups is 1. The first-order valence-electron chi connectivity index (χ1n) is 10.8. The topological polar surface area (TPSA) is 70.2 Å². The quantitative estimate of drug-likeness (QED) is 0.434. The van der Waals surface area contributed by atoms with Gasteiger partial charge in [-0.25, -0.2) is 0 Å². The fraction of sp³-hybridized carbons (Fsp3) is 0.222. The molecule has 33 heavy (non-hydrogen) atoms. The summed E-state index contributed by atoms with van der Waals surface area (Å²) in [6, 6.07) is 22.5. The van der Waals surface area contributed by atoms with Crippen LogP contribution in [0.5, 0.6) is 0 Å². The lowest BCUT2D eigenvalue weighted by Crippen LogP contribution is -2.35. The monoisotopic (exact) mass is 459 g/mol. The molecule has 0 unspecified atom stereocenters. The van der Waals surface area contributed by atoms with Crippen molar-refractivity contribution in [1.82, 2.24) is 5.32 Å². The van der Waals surface area contributed by atoms with Gasteiger partial charge >= 0.3 is 0 Å². The molecule has 3 aromatic carbocycles. The van der Waals surface area contributed by atoms with Crippen LogP contribution in [0.3, 0.4) is 0 Å². The summed E-state index contributed by atoms with van der Waals surface area (Å²) in [4.78, 5) is 25.0. The maximum atomic E-state index is 12.6. The van der Waals surface area contributed by atoms with E-state index >= 15 is 0 Å². The first kappa shape index (κ1) is 24.1. The number of carbonyl (C=O) groups excluding carboxylic acids is 2. The molecule has 0 bridgehead atoms. The smallest absolute Gasteiger partial charge is 0.255 e. The van der Waals surface area contributed by atoms with Crippen LogP contribution >= 0.6 is 12.2 Å². The molecule has 6 heteroatoms. The highest BCUT2D eigenvalue weighted by Gasteiger charge is 2.14. The second-order valence-electron chi connectivity index (χ2n) is 8.97. The molecule has 5 nitrogen and oxygen atoms in total. The van der Waals surface area contributed by atoms with Gasteiger partial charge in [-0.1, -0.05) is 63.2 Å². The maximum Gasteiger partial charge on any atom is 0.255 e. The number of nitrogens with one attached hydrogen (secondary N) is 3. The van der Waals surface area contributed by atoms with Gasteiger partial charge in [0.15, 0.2) is 5.11 Å². The zero-order valence-corrected chi connectivity index (χ0v) is 20.2. The van der Waals surface area contributed by atoms with Gasteiger partial charge in [0, 0.05) is 16.9 Å². The molecule has 0 saturated heterocycles. The van der Waals surface area contributed by atoms with Crippen LogP contribution in [0.4, 0.5) is 11.4 Å². The number of anilines is 2. The normalized spacial score (nSPS) is 10.9. The van der Waals surface area contributed by atoms with Gasteiger partial charge < -0.3 is 16.0 Å². The summed E-state index contributed by atoms with van der Waals surface area (Å²) in [5.41, 5.74) is 5.09. The van der Waals surface area contributed by atoms with Crippen molar-refractivity contribution in [3.63, 3.8) is 0 Å². The fourth-order valence-electron chi connectivity index (χ4n) is 3.31. The van der Waals surface area contributed by atoms with Crippen LogP contribution in [0.15, 0.2) is 72.8 Å². The van der Waals surface area contributed by atoms with Crippen LogP contribution in [-0.4, -0.2) is 16.9 Å². The molecule has 3 aromatic rings. The second kappa shape index (κ2) is 10.4. The van der Waals surface area contributed by atoms with Crippen molar-refractivity contribution in [3.05, 3.63) is 95.1 Å². The number of rotatable bonds is 5. The molecule has 0 radical (unpaired) electrons. The SMILES string of the molecule is Cc1ccccc1CC(=O)NC(=S)Nc1cccc(NC(=O)c2ccc(C(C)(C)C)cc2)c1. The lowest BCUT2D eigenvalue weighted by molar-refractivity contribution is -0.119. The fourth-order valence-corrected chi connectivity index (χ4v) is 3.55. The van der Waals surface area contributed by atoms with E-state index in [1.165, 1.54) is 5.56 Å². The average Bonchev–Trinajstić information content (AvgIpc) is 2.75. The van der Waals surface area contributed by atoms with Crippen molar-refractivity contribution in [2.45, 2.75) is 39.5 Å². The van der Waals surface area contributed by atoms with Gasteiger partial charge in [0.1, 0.15) is 0 Å². The summed E-state index contributed by atoms with van der Waals surface area (Å²) in [6.07, 6.45) is 0.249. The van der Waals surface area contributed by atoms with Crippen molar-refractivity contribution in [2.75, 3.05) is 10.6 Å². The van der Waals surface area contributed by atoms with Crippen LogP contribution in [0.1, 0.15) is 47.8 Å². The van der Waals surface area contributed by atoms with Crippen molar-refractivity contribution in [2.24, 2.45) is 0 Å². The summed E-state index contributed by atoms with van der Waals surface area (Å²) in [5.74, 6) is -0.383. The molecular formula is C27H29N3O2S. The van der Waals surface area contributed by atoms with Gasteiger partial charge in [-0.2, -0.15) is 0 Å². The predicted octanol–water partition coefficient (Wildman–Crippen LogP) is 5.60. The number of hydrogen-bond acceptors (Lipinski definition) is 3. The number of amides is 2. The van der Waals surface area contributed by atoms with Gasteiger partial charge in [-0.15, -0.1) is 0 Å². The summed E-state index contributed by atoms with van der Waals surface area (Å²) in [5, 5.41) is 8.80. The zero-order chi connectivity index (χ0) is 24.0. The molecule has 0 spiro atoms. The van der Waals surface area contributed by atoms with Crippen molar-refractivity contribution in [3.8, 4) is 0 Å². The van der Waals surface area contributed by atoms with E-state index in [1.54, 1.807) is 18.2 Å². The van der Waals surface area contributed by atoms with E-state index in [-0.39, 0.29) is 28.8 Å². The highest BCUT2D eigenvalue weighted by atomic mass is 32.1. The van der Waals surface area contributed by atoms with Crippen molar-refractivity contribution >= 4 is 40.5 Å². The minimum absolute atomic E-state index is 0.0305. The number of carbonyl (C=O) groups is 2. The number of benzene rings is 3. The largest absolute Gasteiger partial charge is 0.332 e. The summed E-state index contributed by atoms with van der Waals surface area (Å²) >= 11 is 5.28. The van der Waals surface area contributed by atoms with Crippen LogP contribution < -0.4 is 16.0 Å². The first-order valence-corrected chi connectivity index (χ1v) is 11.2. The van der Waals surface area contributed by atoms with E-state index in [4.69, 9.17) is 12.2 Å².